The van der Waals surface area contributed by atoms with Crippen molar-refractivity contribution in [3.8, 4) is 5.75 Å². The van der Waals surface area contributed by atoms with E-state index >= 15 is 0 Å². The summed E-state index contributed by atoms with van der Waals surface area (Å²) in [6.45, 7) is 2.73. The maximum absolute atomic E-state index is 10.5. The van der Waals surface area contributed by atoms with Crippen molar-refractivity contribution in [3.63, 3.8) is 0 Å². The predicted octanol–water partition coefficient (Wildman–Crippen LogP) is 0.708. The van der Waals surface area contributed by atoms with E-state index in [0.29, 0.717) is 13.2 Å². The Kier molecular flexibility index (Phi) is 4.12. The molecule has 0 aliphatic heterocycles. The topological polar surface area (TPSA) is 78.3 Å². The van der Waals surface area contributed by atoms with Gasteiger partial charge in [0.2, 0.25) is 5.91 Å². The Morgan fingerprint density at radius 1 is 1.47 bits per heavy atom. The van der Waals surface area contributed by atoms with E-state index < -0.39 is 0 Å². The van der Waals surface area contributed by atoms with Gasteiger partial charge in [-0.3, -0.25) is 4.79 Å². The molecule has 0 radical (unpaired) electrons. The Labute approximate surface area is 89.2 Å². The van der Waals surface area contributed by atoms with E-state index in [9.17, 15) is 4.79 Å². The number of rotatable bonds is 5. The molecule has 0 saturated carbocycles. The Morgan fingerprint density at radius 2 is 2.20 bits per heavy atom. The van der Waals surface area contributed by atoms with Crippen LogP contribution in [0.5, 0.6) is 5.75 Å². The van der Waals surface area contributed by atoms with Crippen molar-refractivity contribution >= 4 is 5.91 Å². The van der Waals surface area contributed by atoms with E-state index in [2.05, 4.69) is 0 Å². The number of carbonyl (C=O) groups is 1. The third kappa shape index (κ3) is 3.59. The molecule has 0 bridgehead atoms. The summed E-state index contributed by atoms with van der Waals surface area (Å²) in [6.07, 6.45) is 0.228. The normalized spacial score (nSPS) is 10.0. The Morgan fingerprint density at radius 3 is 2.80 bits per heavy atom. The lowest BCUT2D eigenvalue weighted by molar-refractivity contribution is -0.118. The Bertz CT molecular complexity index is 350. The summed E-state index contributed by atoms with van der Waals surface area (Å²) in [4.78, 5) is 10.5. The van der Waals surface area contributed by atoms with Crippen molar-refractivity contribution in [2.75, 3.05) is 6.61 Å². The number of ether oxygens (including phenoxy) is 1. The maximum atomic E-state index is 10.5. The van der Waals surface area contributed by atoms with Gasteiger partial charge < -0.3 is 16.2 Å². The third-order valence-corrected chi connectivity index (χ3v) is 2.09. The van der Waals surface area contributed by atoms with Gasteiger partial charge in [0.1, 0.15) is 5.75 Å². The largest absolute Gasteiger partial charge is 0.493 e. The van der Waals surface area contributed by atoms with Gasteiger partial charge in [-0.15, -0.1) is 0 Å². The highest BCUT2D eigenvalue weighted by atomic mass is 16.5. The summed E-state index contributed by atoms with van der Waals surface area (Å²) < 4.78 is 5.43. The van der Waals surface area contributed by atoms with Crippen molar-refractivity contribution in [1.82, 2.24) is 0 Å². The number of nitrogens with two attached hydrogens (primary N) is 2. The number of carbonyl (C=O) groups excluding carboxylic acids is 1. The second-order valence-electron chi connectivity index (χ2n) is 3.37. The zero-order valence-corrected chi connectivity index (χ0v) is 8.82. The number of primary amides is 1. The summed E-state index contributed by atoms with van der Waals surface area (Å²) in [5.74, 6) is 0.404. The minimum absolute atomic E-state index is 0.228. The first kappa shape index (κ1) is 11.5. The average molecular weight is 208 g/mol. The van der Waals surface area contributed by atoms with Gasteiger partial charge in [-0.1, -0.05) is 12.1 Å². The first-order valence-electron chi connectivity index (χ1n) is 4.84. The van der Waals surface area contributed by atoms with Crippen LogP contribution in [0.2, 0.25) is 0 Å². The lowest BCUT2D eigenvalue weighted by Crippen LogP contribution is -2.14. The van der Waals surface area contributed by atoms with E-state index in [1.807, 2.05) is 25.1 Å². The van der Waals surface area contributed by atoms with Gasteiger partial charge in [-0.2, -0.15) is 0 Å². The first-order chi connectivity index (χ1) is 7.13. The number of benzene rings is 1. The monoisotopic (exact) mass is 208 g/mol. The van der Waals surface area contributed by atoms with Crippen molar-refractivity contribution in [2.24, 2.45) is 11.5 Å². The molecular weight excluding hydrogens is 192 g/mol. The van der Waals surface area contributed by atoms with Crippen molar-refractivity contribution in [2.45, 2.75) is 19.9 Å². The van der Waals surface area contributed by atoms with Crippen LogP contribution >= 0.6 is 0 Å². The molecule has 1 aromatic carbocycles. The molecule has 0 atom stereocenters. The molecule has 0 saturated heterocycles. The molecule has 0 aliphatic carbocycles. The summed E-state index contributed by atoms with van der Waals surface area (Å²) in [7, 11) is 0. The molecule has 1 aromatic rings. The number of amides is 1. The molecular formula is C11H16N2O2. The van der Waals surface area contributed by atoms with Crippen LogP contribution in [0.3, 0.4) is 0 Å². The van der Waals surface area contributed by atoms with Crippen molar-refractivity contribution in [3.05, 3.63) is 29.3 Å². The van der Waals surface area contributed by atoms with Gasteiger partial charge in [0.05, 0.1) is 13.0 Å². The molecule has 4 N–H and O–H groups in total. The second-order valence-corrected chi connectivity index (χ2v) is 3.37. The Hall–Kier alpha value is -1.55. The van der Waals surface area contributed by atoms with Gasteiger partial charge in [0.25, 0.3) is 0 Å². The van der Waals surface area contributed by atoms with E-state index in [1.165, 1.54) is 0 Å². The third-order valence-electron chi connectivity index (χ3n) is 2.09. The predicted molar refractivity (Wildman–Crippen MR) is 58.4 cm³/mol. The molecule has 0 aliphatic rings. The molecule has 4 heteroatoms. The molecule has 82 valence electrons. The summed E-state index contributed by atoms with van der Waals surface area (Å²) >= 11 is 0. The molecule has 1 rings (SSSR count). The van der Waals surface area contributed by atoms with E-state index in [4.69, 9.17) is 16.2 Å². The minimum atomic E-state index is -0.359. The molecule has 0 heterocycles. The smallest absolute Gasteiger partial charge is 0.220 e. The molecule has 0 unspecified atom stereocenters. The lowest BCUT2D eigenvalue weighted by atomic mass is 10.1. The van der Waals surface area contributed by atoms with Crippen LogP contribution < -0.4 is 16.2 Å². The van der Waals surface area contributed by atoms with Crippen LogP contribution in [0.4, 0.5) is 0 Å². The lowest BCUT2D eigenvalue weighted by Gasteiger charge is -2.09. The van der Waals surface area contributed by atoms with Gasteiger partial charge in [0, 0.05) is 6.54 Å². The van der Waals surface area contributed by atoms with Gasteiger partial charge in [-0.25, -0.2) is 0 Å². The zero-order chi connectivity index (χ0) is 11.3. The SMILES string of the molecule is Cc1ccc(CN)cc1OCCC(N)=O. The van der Waals surface area contributed by atoms with E-state index in [1.54, 1.807) is 0 Å². The summed E-state index contributed by atoms with van der Waals surface area (Å²) in [5, 5.41) is 0. The van der Waals surface area contributed by atoms with Crippen LogP contribution in [-0.2, 0) is 11.3 Å². The standard InChI is InChI=1S/C11H16N2O2/c1-8-2-3-9(7-12)6-10(8)15-5-4-11(13)14/h2-3,6H,4-5,7,12H2,1H3,(H2,13,14). The van der Waals surface area contributed by atoms with E-state index in [0.717, 1.165) is 16.9 Å². The molecule has 15 heavy (non-hydrogen) atoms. The number of hydrogen-bond donors (Lipinski definition) is 2. The van der Waals surface area contributed by atoms with Crippen molar-refractivity contribution in [1.29, 1.82) is 0 Å². The fourth-order valence-corrected chi connectivity index (χ4v) is 1.19. The van der Waals surface area contributed by atoms with Gasteiger partial charge in [-0.05, 0) is 24.1 Å². The fraction of sp³-hybridized carbons (Fsp3) is 0.364. The van der Waals surface area contributed by atoms with E-state index in [-0.39, 0.29) is 12.3 Å². The molecule has 4 nitrogen and oxygen atoms in total. The second kappa shape index (κ2) is 5.36. The molecule has 0 spiro atoms. The van der Waals surface area contributed by atoms with Crippen LogP contribution in [0, 0.1) is 6.92 Å². The zero-order valence-electron chi connectivity index (χ0n) is 8.82. The van der Waals surface area contributed by atoms with Crippen LogP contribution in [0.1, 0.15) is 17.5 Å². The number of aryl methyl sites for hydroxylation is 1. The number of hydrogen-bond acceptors (Lipinski definition) is 3. The van der Waals surface area contributed by atoms with Crippen LogP contribution in [0.15, 0.2) is 18.2 Å². The summed E-state index contributed by atoms with van der Waals surface area (Å²) in [5.41, 5.74) is 12.6. The highest BCUT2D eigenvalue weighted by molar-refractivity contribution is 5.73. The highest BCUT2D eigenvalue weighted by Gasteiger charge is 2.02. The van der Waals surface area contributed by atoms with Gasteiger partial charge >= 0.3 is 0 Å². The van der Waals surface area contributed by atoms with Crippen LogP contribution in [0.25, 0.3) is 0 Å². The van der Waals surface area contributed by atoms with Crippen LogP contribution in [-0.4, -0.2) is 12.5 Å². The molecule has 1 amide bonds. The average Bonchev–Trinajstić information content (AvgIpc) is 2.20. The highest BCUT2D eigenvalue weighted by Crippen LogP contribution is 2.19. The first-order valence-corrected chi connectivity index (χ1v) is 4.84. The quantitative estimate of drug-likeness (QED) is 0.748. The fourth-order valence-electron chi connectivity index (χ4n) is 1.19. The minimum Gasteiger partial charge on any atom is -0.493 e. The summed E-state index contributed by atoms with van der Waals surface area (Å²) in [6, 6.07) is 5.79. The van der Waals surface area contributed by atoms with Gasteiger partial charge in [0.15, 0.2) is 0 Å². The van der Waals surface area contributed by atoms with Crippen molar-refractivity contribution < 1.29 is 9.53 Å². The Balaban J connectivity index is 2.62. The molecule has 0 fully saturated rings. The molecule has 0 aromatic heterocycles. The maximum Gasteiger partial charge on any atom is 0.220 e.